The Morgan fingerprint density at radius 3 is 2.71 bits per heavy atom. The van der Waals surface area contributed by atoms with Crippen LogP contribution in [0.15, 0.2) is 30.5 Å². The lowest BCUT2D eigenvalue weighted by atomic mass is 10.1. The second-order valence-electron chi connectivity index (χ2n) is 5.25. The number of para-hydroxylation sites is 1. The molecule has 1 unspecified atom stereocenters. The van der Waals surface area contributed by atoms with Crippen molar-refractivity contribution in [3.05, 3.63) is 36.0 Å². The van der Waals surface area contributed by atoms with Crippen molar-refractivity contribution >= 4 is 22.8 Å². The number of carboxylic acid groups (broad SMARTS) is 1. The van der Waals surface area contributed by atoms with E-state index >= 15 is 0 Å². The fourth-order valence-corrected chi connectivity index (χ4v) is 2.33. The molecule has 2 rings (SSSR count). The second-order valence-corrected chi connectivity index (χ2v) is 5.25. The van der Waals surface area contributed by atoms with Gasteiger partial charge in [-0.25, -0.2) is 0 Å². The van der Waals surface area contributed by atoms with Gasteiger partial charge >= 0.3 is 5.97 Å². The van der Waals surface area contributed by atoms with Crippen LogP contribution in [0.1, 0.15) is 25.8 Å². The van der Waals surface area contributed by atoms with Gasteiger partial charge in [0.15, 0.2) is 0 Å². The number of amides is 1. The Balaban J connectivity index is 2.27. The molecule has 1 heterocycles. The Labute approximate surface area is 123 Å². The number of rotatable bonds is 6. The number of fused-ring (bicyclic) bond motifs is 1. The van der Waals surface area contributed by atoms with Gasteiger partial charge in [0.25, 0.3) is 0 Å². The molecule has 1 amide bonds. The first kappa shape index (κ1) is 15.1. The highest BCUT2D eigenvalue weighted by atomic mass is 16.4. The Bertz CT molecular complexity index is 661. The van der Waals surface area contributed by atoms with Crippen LogP contribution in [0.2, 0.25) is 0 Å². The van der Waals surface area contributed by atoms with Crippen molar-refractivity contribution in [2.75, 3.05) is 0 Å². The molecular weight excluding hydrogens is 268 g/mol. The summed E-state index contributed by atoms with van der Waals surface area (Å²) in [6, 6.07) is 7.68. The predicted molar refractivity (Wildman–Crippen MR) is 81.2 cm³/mol. The number of hydrogen-bond acceptors (Lipinski definition) is 2. The van der Waals surface area contributed by atoms with Crippen LogP contribution in [0.3, 0.4) is 0 Å². The second kappa shape index (κ2) is 6.43. The van der Waals surface area contributed by atoms with Gasteiger partial charge in [0.1, 0.15) is 6.54 Å². The molecule has 0 aliphatic heterocycles. The van der Waals surface area contributed by atoms with Crippen molar-refractivity contribution in [2.24, 2.45) is 0 Å². The SMILES string of the molecule is CCC(C)NC(=O)Cn1cc(CC(=O)O)c2ccccc21. The summed E-state index contributed by atoms with van der Waals surface area (Å²) in [5.74, 6) is -0.936. The van der Waals surface area contributed by atoms with Crippen LogP contribution in [-0.2, 0) is 22.6 Å². The van der Waals surface area contributed by atoms with Gasteiger partial charge in [0.05, 0.1) is 6.42 Å². The molecule has 1 atom stereocenters. The average Bonchev–Trinajstić information content (AvgIpc) is 2.76. The van der Waals surface area contributed by atoms with Gasteiger partial charge in [-0.05, 0) is 25.0 Å². The van der Waals surface area contributed by atoms with Crippen LogP contribution in [-0.4, -0.2) is 27.6 Å². The first-order chi connectivity index (χ1) is 10.0. The van der Waals surface area contributed by atoms with E-state index in [1.807, 2.05) is 42.7 Å². The van der Waals surface area contributed by atoms with Crippen molar-refractivity contribution in [3.63, 3.8) is 0 Å². The maximum atomic E-state index is 12.0. The van der Waals surface area contributed by atoms with E-state index in [1.54, 1.807) is 6.20 Å². The van der Waals surface area contributed by atoms with Gasteiger partial charge in [-0.3, -0.25) is 9.59 Å². The molecule has 21 heavy (non-hydrogen) atoms. The monoisotopic (exact) mass is 288 g/mol. The largest absolute Gasteiger partial charge is 0.481 e. The zero-order chi connectivity index (χ0) is 15.4. The molecule has 0 saturated heterocycles. The molecule has 112 valence electrons. The van der Waals surface area contributed by atoms with E-state index in [2.05, 4.69) is 5.32 Å². The van der Waals surface area contributed by atoms with E-state index in [9.17, 15) is 9.59 Å². The third-order valence-corrected chi connectivity index (χ3v) is 3.55. The highest BCUT2D eigenvalue weighted by Gasteiger charge is 2.13. The lowest BCUT2D eigenvalue weighted by molar-refractivity contribution is -0.136. The summed E-state index contributed by atoms with van der Waals surface area (Å²) >= 11 is 0. The summed E-state index contributed by atoms with van der Waals surface area (Å²) in [6.07, 6.45) is 2.60. The maximum Gasteiger partial charge on any atom is 0.307 e. The minimum absolute atomic E-state index is 0.0412. The quantitative estimate of drug-likeness (QED) is 0.856. The number of aromatic nitrogens is 1. The number of carbonyl (C=O) groups is 2. The number of carboxylic acids is 1. The zero-order valence-corrected chi connectivity index (χ0v) is 12.3. The molecule has 0 bridgehead atoms. The lowest BCUT2D eigenvalue weighted by Crippen LogP contribution is -2.34. The summed E-state index contributed by atoms with van der Waals surface area (Å²) in [6.45, 7) is 4.17. The van der Waals surface area contributed by atoms with Crippen LogP contribution in [0.5, 0.6) is 0 Å². The molecule has 0 saturated carbocycles. The summed E-state index contributed by atoms with van der Waals surface area (Å²) in [5.41, 5.74) is 1.61. The van der Waals surface area contributed by atoms with E-state index in [0.717, 1.165) is 22.9 Å². The van der Waals surface area contributed by atoms with E-state index in [-0.39, 0.29) is 24.9 Å². The molecule has 0 aliphatic carbocycles. The topological polar surface area (TPSA) is 71.3 Å². The summed E-state index contributed by atoms with van der Waals surface area (Å²) < 4.78 is 1.81. The number of nitrogens with zero attached hydrogens (tertiary/aromatic N) is 1. The van der Waals surface area contributed by atoms with Crippen LogP contribution >= 0.6 is 0 Å². The molecule has 0 fully saturated rings. The number of benzene rings is 1. The molecule has 0 aliphatic rings. The molecular formula is C16H20N2O3. The number of nitrogens with one attached hydrogen (secondary N) is 1. The third kappa shape index (κ3) is 3.62. The minimum Gasteiger partial charge on any atom is -0.481 e. The van der Waals surface area contributed by atoms with Gasteiger partial charge < -0.3 is 15.0 Å². The van der Waals surface area contributed by atoms with Gasteiger partial charge in [-0.15, -0.1) is 0 Å². The Morgan fingerprint density at radius 1 is 1.33 bits per heavy atom. The average molecular weight is 288 g/mol. The molecule has 0 radical (unpaired) electrons. The van der Waals surface area contributed by atoms with E-state index < -0.39 is 5.97 Å². The molecule has 2 aromatic rings. The third-order valence-electron chi connectivity index (χ3n) is 3.55. The van der Waals surface area contributed by atoms with Crippen LogP contribution in [0, 0.1) is 0 Å². The number of hydrogen-bond donors (Lipinski definition) is 2. The fourth-order valence-electron chi connectivity index (χ4n) is 2.33. The van der Waals surface area contributed by atoms with Crippen LogP contribution in [0.4, 0.5) is 0 Å². The van der Waals surface area contributed by atoms with Gasteiger partial charge in [0, 0.05) is 23.1 Å². The van der Waals surface area contributed by atoms with Crippen molar-refractivity contribution in [1.82, 2.24) is 9.88 Å². The maximum absolute atomic E-state index is 12.0. The number of carbonyl (C=O) groups excluding carboxylic acids is 1. The van der Waals surface area contributed by atoms with Crippen molar-refractivity contribution in [2.45, 2.75) is 39.3 Å². The molecule has 1 aromatic carbocycles. The Hall–Kier alpha value is -2.30. The molecule has 5 nitrogen and oxygen atoms in total. The normalized spacial score (nSPS) is 12.3. The fraction of sp³-hybridized carbons (Fsp3) is 0.375. The summed E-state index contributed by atoms with van der Waals surface area (Å²) in [7, 11) is 0. The van der Waals surface area contributed by atoms with E-state index in [0.29, 0.717) is 0 Å². The van der Waals surface area contributed by atoms with Crippen LogP contribution in [0.25, 0.3) is 10.9 Å². The van der Waals surface area contributed by atoms with Crippen molar-refractivity contribution < 1.29 is 14.7 Å². The Kier molecular flexibility index (Phi) is 4.62. The smallest absolute Gasteiger partial charge is 0.307 e. The van der Waals surface area contributed by atoms with E-state index in [4.69, 9.17) is 5.11 Å². The molecule has 0 spiro atoms. The highest BCUT2D eigenvalue weighted by Crippen LogP contribution is 2.21. The van der Waals surface area contributed by atoms with Gasteiger partial charge in [-0.1, -0.05) is 25.1 Å². The zero-order valence-electron chi connectivity index (χ0n) is 12.3. The molecule has 2 N–H and O–H groups in total. The van der Waals surface area contributed by atoms with Gasteiger partial charge in [-0.2, -0.15) is 0 Å². The molecule has 5 heteroatoms. The minimum atomic E-state index is -0.873. The lowest BCUT2D eigenvalue weighted by Gasteiger charge is -2.12. The standard InChI is InChI=1S/C16H20N2O3/c1-3-11(2)17-15(19)10-18-9-12(8-16(20)21)13-6-4-5-7-14(13)18/h4-7,9,11H,3,8,10H2,1-2H3,(H,17,19)(H,20,21). The summed E-state index contributed by atoms with van der Waals surface area (Å²) in [4.78, 5) is 22.9. The van der Waals surface area contributed by atoms with E-state index in [1.165, 1.54) is 0 Å². The Morgan fingerprint density at radius 2 is 2.05 bits per heavy atom. The number of aliphatic carboxylic acids is 1. The van der Waals surface area contributed by atoms with Gasteiger partial charge in [0.2, 0.25) is 5.91 Å². The van der Waals surface area contributed by atoms with Crippen LogP contribution < -0.4 is 5.32 Å². The van der Waals surface area contributed by atoms with Crippen molar-refractivity contribution in [1.29, 1.82) is 0 Å². The van der Waals surface area contributed by atoms with Crippen molar-refractivity contribution in [3.8, 4) is 0 Å². The summed E-state index contributed by atoms with van der Waals surface area (Å²) in [5, 5.41) is 12.8. The first-order valence-corrected chi connectivity index (χ1v) is 7.09. The predicted octanol–water partition coefficient (Wildman–Crippen LogP) is 2.18. The first-order valence-electron chi connectivity index (χ1n) is 7.09. The highest BCUT2D eigenvalue weighted by molar-refractivity contribution is 5.89. The molecule has 1 aromatic heterocycles.